The highest BCUT2D eigenvalue weighted by atomic mass is 15.3. The summed E-state index contributed by atoms with van der Waals surface area (Å²) in [5.74, 6) is 2.11. The van der Waals surface area contributed by atoms with Gasteiger partial charge in [-0.05, 0) is 27.7 Å². The van der Waals surface area contributed by atoms with Crippen molar-refractivity contribution < 1.29 is 0 Å². The van der Waals surface area contributed by atoms with Crippen LogP contribution in [0.15, 0.2) is 0 Å². The molecule has 0 spiro atoms. The molecule has 1 aromatic heterocycles. The van der Waals surface area contributed by atoms with Crippen LogP contribution in [0.3, 0.4) is 0 Å². The van der Waals surface area contributed by atoms with Crippen molar-refractivity contribution in [2.24, 2.45) is 0 Å². The fraction of sp³-hybridized carbons (Fsp3) is 0.833. The molecule has 2 rings (SSSR count). The molecule has 5 nitrogen and oxygen atoms in total. The molecule has 1 aromatic rings. The molecule has 1 N–H and O–H groups in total. The Labute approximate surface area is 103 Å². The largest absolute Gasteiger partial charge is 0.314 e. The number of nitrogens with one attached hydrogen (secondary N) is 1. The van der Waals surface area contributed by atoms with Crippen LogP contribution in [0.2, 0.25) is 0 Å². The summed E-state index contributed by atoms with van der Waals surface area (Å²) in [6.45, 7) is 12.9. The Kier molecular flexibility index (Phi) is 3.79. The lowest BCUT2D eigenvalue weighted by atomic mass is 10.2. The Morgan fingerprint density at radius 2 is 1.76 bits per heavy atom. The minimum atomic E-state index is 0.348. The van der Waals surface area contributed by atoms with Gasteiger partial charge in [0.1, 0.15) is 11.6 Å². The topological polar surface area (TPSA) is 46.0 Å². The molecule has 1 unspecified atom stereocenters. The summed E-state index contributed by atoms with van der Waals surface area (Å²) in [6.07, 6.45) is 0. The lowest BCUT2D eigenvalue weighted by Crippen LogP contribution is -2.45. The minimum Gasteiger partial charge on any atom is -0.314 e. The molecule has 0 aliphatic carbocycles. The second-order valence-corrected chi connectivity index (χ2v) is 5.03. The van der Waals surface area contributed by atoms with E-state index in [0.29, 0.717) is 12.1 Å². The fourth-order valence-corrected chi connectivity index (χ4v) is 2.54. The third-order valence-electron chi connectivity index (χ3n) is 3.48. The quantitative estimate of drug-likeness (QED) is 0.856. The van der Waals surface area contributed by atoms with Crippen molar-refractivity contribution in [3.63, 3.8) is 0 Å². The van der Waals surface area contributed by atoms with Gasteiger partial charge in [-0.3, -0.25) is 4.90 Å². The zero-order chi connectivity index (χ0) is 12.4. The first-order chi connectivity index (χ1) is 8.11. The Balaban J connectivity index is 2.20. The molecule has 17 heavy (non-hydrogen) atoms. The first-order valence-corrected chi connectivity index (χ1v) is 6.47. The molecule has 1 fully saturated rings. The standard InChI is InChI=1S/C12H23N5/c1-9(2)17-11(4)14-15-12(17)10(3)16-7-5-13-6-8-16/h9-10,13H,5-8H2,1-4H3. The van der Waals surface area contributed by atoms with E-state index in [2.05, 4.69) is 45.8 Å². The van der Waals surface area contributed by atoms with Crippen molar-refractivity contribution in [3.05, 3.63) is 11.6 Å². The maximum absolute atomic E-state index is 4.36. The molecule has 1 saturated heterocycles. The normalized spacial score (nSPS) is 19.8. The monoisotopic (exact) mass is 237 g/mol. The van der Waals surface area contributed by atoms with Crippen molar-refractivity contribution in [2.75, 3.05) is 26.2 Å². The van der Waals surface area contributed by atoms with Gasteiger partial charge in [0.05, 0.1) is 6.04 Å². The number of piperazine rings is 1. The van der Waals surface area contributed by atoms with Gasteiger partial charge in [0.15, 0.2) is 0 Å². The van der Waals surface area contributed by atoms with Crippen LogP contribution >= 0.6 is 0 Å². The van der Waals surface area contributed by atoms with E-state index >= 15 is 0 Å². The summed E-state index contributed by atoms with van der Waals surface area (Å²) in [7, 11) is 0. The predicted molar refractivity (Wildman–Crippen MR) is 68.0 cm³/mol. The van der Waals surface area contributed by atoms with Crippen LogP contribution in [-0.4, -0.2) is 45.8 Å². The third-order valence-corrected chi connectivity index (χ3v) is 3.48. The Morgan fingerprint density at radius 3 is 2.35 bits per heavy atom. The van der Waals surface area contributed by atoms with Crippen LogP contribution < -0.4 is 5.32 Å². The predicted octanol–water partition coefficient (Wildman–Crippen LogP) is 1.13. The van der Waals surface area contributed by atoms with Gasteiger partial charge in [-0.15, -0.1) is 10.2 Å². The van der Waals surface area contributed by atoms with E-state index in [-0.39, 0.29) is 0 Å². The number of hydrogen-bond donors (Lipinski definition) is 1. The molecule has 0 aromatic carbocycles. The van der Waals surface area contributed by atoms with Gasteiger partial charge in [0, 0.05) is 32.2 Å². The molecule has 96 valence electrons. The van der Waals surface area contributed by atoms with Gasteiger partial charge in [-0.2, -0.15) is 0 Å². The SMILES string of the molecule is Cc1nnc(C(C)N2CCNCC2)n1C(C)C. The van der Waals surface area contributed by atoms with E-state index in [1.807, 2.05) is 6.92 Å². The van der Waals surface area contributed by atoms with Gasteiger partial charge in [0.25, 0.3) is 0 Å². The third kappa shape index (κ3) is 2.50. The average molecular weight is 237 g/mol. The van der Waals surface area contributed by atoms with Gasteiger partial charge in [-0.1, -0.05) is 0 Å². The van der Waals surface area contributed by atoms with Gasteiger partial charge < -0.3 is 9.88 Å². The van der Waals surface area contributed by atoms with Gasteiger partial charge >= 0.3 is 0 Å². The second kappa shape index (κ2) is 5.14. The highest BCUT2D eigenvalue weighted by molar-refractivity contribution is 5.01. The van der Waals surface area contributed by atoms with E-state index in [1.54, 1.807) is 0 Å². The van der Waals surface area contributed by atoms with E-state index in [1.165, 1.54) is 0 Å². The fourth-order valence-electron chi connectivity index (χ4n) is 2.54. The number of hydrogen-bond acceptors (Lipinski definition) is 4. The Bertz CT molecular complexity index is 365. The van der Waals surface area contributed by atoms with Crippen LogP contribution in [0.4, 0.5) is 0 Å². The molecule has 0 bridgehead atoms. The molecule has 1 aliphatic heterocycles. The molecule has 5 heteroatoms. The summed E-state index contributed by atoms with van der Waals surface area (Å²) in [6, 6.07) is 0.770. The van der Waals surface area contributed by atoms with Crippen molar-refractivity contribution in [1.82, 2.24) is 25.0 Å². The van der Waals surface area contributed by atoms with Crippen molar-refractivity contribution in [3.8, 4) is 0 Å². The molecule has 1 aliphatic rings. The van der Waals surface area contributed by atoms with Crippen LogP contribution in [0.5, 0.6) is 0 Å². The highest BCUT2D eigenvalue weighted by Gasteiger charge is 2.24. The molecule has 0 amide bonds. The van der Waals surface area contributed by atoms with Crippen LogP contribution in [0, 0.1) is 6.92 Å². The van der Waals surface area contributed by atoms with Crippen molar-refractivity contribution in [2.45, 2.75) is 39.8 Å². The van der Waals surface area contributed by atoms with E-state index in [4.69, 9.17) is 0 Å². The number of aryl methyl sites for hydroxylation is 1. The van der Waals surface area contributed by atoms with E-state index < -0.39 is 0 Å². The maximum atomic E-state index is 4.36. The first kappa shape index (κ1) is 12.5. The zero-order valence-electron chi connectivity index (χ0n) is 11.3. The first-order valence-electron chi connectivity index (χ1n) is 6.47. The summed E-state index contributed by atoms with van der Waals surface area (Å²) in [5.41, 5.74) is 0. The molecule has 0 radical (unpaired) electrons. The smallest absolute Gasteiger partial charge is 0.150 e. The summed E-state index contributed by atoms with van der Waals surface area (Å²) < 4.78 is 2.24. The number of nitrogens with zero attached hydrogens (tertiary/aromatic N) is 4. The van der Waals surface area contributed by atoms with Gasteiger partial charge in [0.2, 0.25) is 0 Å². The van der Waals surface area contributed by atoms with Crippen LogP contribution in [-0.2, 0) is 0 Å². The van der Waals surface area contributed by atoms with Crippen molar-refractivity contribution >= 4 is 0 Å². The highest BCUT2D eigenvalue weighted by Crippen LogP contribution is 2.22. The van der Waals surface area contributed by atoms with Crippen LogP contribution in [0.1, 0.15) is 44.5 Å². The number of aromatic nitrogens is 3. The lowest BCUT2D eigenvalue weighted by Gasteiger charge is -2.32. The number of rotatable bonds is 3. The van der Waals surface area contributed by atoms with E-state index in [9.17, 15) is 0 Å². The zero-order valence-corrected chi connectivity index (χ0v) is 11.3. The maximum Gasteiger partial charge on any atom is 0.150 e. The van der Waals surface area contributed by atoms with E-state index in [0.717, 1.165) is 37.8 Å². The second-order valence-electron chi connectivity index (χ2n) is 5.03. The van der Waals surface area contributed by atoms with Gasteiger partial charge in [-0.25, -0.2) is 0 Å². The lowest BCUT2D eigenvalue weighted by molar-refractivity contribution is 0.174. The van der Waals surface area contributed by atoms with Crippen molar-refractivity contribution in [1.29, 1.82) is 0 Å². The summed E-state index contributed by atoms with van der Waals surface area (Å²) in [5, 5.41) is 12.0. The minimum absolute atomic E-state index is 0.348. The molecule has 0 saturated carbocycles. The Hall–Kier alpha value is -0.940. The average Bonchev–Trinajstić information content (AvgIpc) is 2.71. The van der Waals surface area contributed by atoms with Crippen LogP contribution in [0.25, 0.3) is 0 Å². The molecule has 1 atom stereocenters. The summed E-state index contributed by atoms with van der Waals surface area (Å²) >= 11 is 0. The Morgan fingerprint density at radius 1 is 1.12 bits per heavy atom. The molecular formula is C12H23N5. The molecule has 2 heterocycles. The molecular weight excluding hydrogens is 214 g/mol. The summed E-state index contributed by atoms with van der Waals surface area (Å²) in [4.78, 5) is 2.47.